The van der Waals surface area contributed by atoms with Crippen LogP contribution < -0.4 is 0 Å². The van der Waals surface area contributed by atoms with Gasteiger partial charge in [-0.15, -0.1) is 0 Å². The van der Waals surface area contributed by atoms with Gasteiger partial charge in [0.2, 0.25) is 10.0 Å². The van der Waals surface area contributed by atoms with Crippen LogP contribution in [0, 0.1) is 0 Å². The molecule has 0 bridgehead atoms. The quantitative estimate of drug-likeness (QED) is 0.676. The topological polar surface area (TPSA) is 37.4 Å². The molecule has 0 amide bonds. The summed E-state index contributed by atoms with van der Waals surface area (Å²) in [5.41, 5.74) is 1.23. The normalized spacial score (nSPS) is 13.2. The average Bonchev–Trinajstić information content (AvgIpc) is 2.59. The summed E-state index contributed by atoms with van der Waals surface area (Å²) in [5.74, 6) is 0. The van der Waals surface area contributed by atoms with Crippen molar-refractivity contribution in [2.45, 2.75) is 44.0 Å². The van der Waals surface area contributed by atoms with E-state index < -0.39 is 10.0 Å². The van der Waals surface area contributed by atoms with E-state index in [-0.39, 0.29) is 6.04 Å². The Bertz CT molecular complexity index is 730. The highest BCUT2D eigenvalue weighted by Crippen LogP contribution is 2.22. The maximum atomic E-state index is 13.0. The van der Waals surface area contributed by atoms with Crippen molar-refractivity contribution in [3.63, 3.8) is 0 Å². The van der Waals surface area contributed by atoms with Gasteiger partial charge in [-0.1, -0.05) is 48.9 Å². The zero-order chi connectivity index (χ0) is 17.6. The Morgan fingerprint density at radius 3 is 2.25 bits per heavy atom. The predicted octanol–water partition coefficient (Wildman–Crippen LogP) is 4.76. The summed E-state index contributed by atoms with van der Waals surface area (Å²) in [7, 11) is -3.51. The highest BCUT2D eigenvalue weighted by atomic mass is 35.5. The number of hydrogen-bond donors (Lipinski definition) is 0. The first-order valence-corrected chi connectivity index (χ1v) is 10.1. The van der Waals surface area contributed by atoms with E-state index in [1.165, 1.54) is 5.56 Å². The van der Waals surface area contributed by atoms with E-state index in [1.54, 1.807) is 28.6 Å². The SMILES string of the molecule is CCC(C)N(CCCc1ccccc1)S(=O)(=O)c1ccc(Cl)cc1. The second kappa shape index (κ2) is 8.65. The lowest BCUT2D eigenvalue weighted by molar-refractivity contribution is 0.325. The molecule has 0 heterocycles. The van der Waals surface area contributed by atoms with Crippen LogP contribution in [0.15, 0.2) is 59.5 Å². The molecule has 0 aliphatic rings. The highest BCUT2D eigenvalue weighted by molar-refractivity contribution is 7.89. The van der Waals surface area contributed by atoms with Crippen LogP contribution in [0.5, 0.6) is 0 Å². The molecule has 0 saturated carbocycles. The Labute approximate surface area is 150 Å². The lowest BCUT2D eigenvalue weighted by atomic mass is 10.1. The van der Waals surface area contributed by atoms with Crippen molar-refractivity contribution >= 4 is 21.6 Å². The number of rotatable bonds is 8. The Morgan fingerprint density at radius 2 is 1.67 bits per heavy atom. The Balaban J connectivity index is 2.13. The highest BCUT2D eigenvalue weighted by Gasteiger charge is 2.27. The molecule has 0 radical (unpaired) electrons. The maximum Gasteiger partial charge on any atom is 0.243 e. The van der Waals surface area contributed by atoms with Crippen molar-refractivity contribution in [2.75, 3.05) is 6.54 Å². The van der Waals surface area contributed by atoms with E-state index >= 15 is 0 Å². The zero-order valence-electron chi connectivity index (χ0n) is 14.2. The predicted molar refractivity (Wildman–Crippen MR) is 99.9 cm³/mol. The van der Waals surface area contributed by atoms with Crippen molar-refractivity contribution in [1.29, 1.82) is 0 Å². The third-order valence-electron chi connectivity index (χ3n) is 4.19. The molecule has 1 unspecified atom stereocenters. The van der Waals surface area contributed by atoms with Crippen molar-refractivity contribution in [3.05, 3.63) is 65.2 Å². The first-order chi connectivity index (χ1) is 11.4. The van der Waals surface area contributed by atoms with Gasteiger partial charge >= 0.3 is 0 Å². The van der Waals surface area contributed by atoms with Crippen LogP contribution in [0.3, 0.4) is 0 Å². The van der Waals surface area contributed by atoms with Crippen LogP contribution in [-0.2, 0) is 16.4 Å². The molecule has 0 aliphatic heterocycles. The minimum absolute atomic E-state index is 0.0403. The van der Waals surface area contributed by atoms with Gasteiger partial charge in [-0.05, 0) is 56.0 Å². The maximum absolute atomic E-state index is 13.0. The lowest BCUT2D eigenvalue weighted by Crippen LogP contribution is -2.39. The molecule has 1 atom stereocenters. The average molecular weight is 366 g/mol. The van der Waals surface area contributed by atoms with Gasteiger partial charge < -0.3 is 0 Å². The molecule has 130 valence electrons. The number of hydrogen-bond acceptors (Lipinski definition) is 2. The van der Waals surface area contributed by atoms with Crippen molar-refractivity contribution in [2.24, 2.45) is 0 Å². The standard InChI is InChI=1S/C19H24ClNO2S/c1-3-16(2)21(15-7-10-17-8-5-4-6-9-17)24(22,23)19-13-11-18(20)12-14-19/h4-6,8-9,11-14,16H,3,7,10,15H2,1-2H3. The van der Waals surface area contributed by atoms with Gasteiger partial charge in [0.15, 0.2) is 0 Å². The minimum atomic E-state index is -3.51. The van der Waals surface area contributed by atoms with E-state index in [4.69, 9.17) is 11.6 Å². The third kappa shape index (κ3) is 4.82. The van der Waals surface area contributed by atoms with Crippen molar-refractivity contribution in [3.8, 4) is 0 Å². The molecule has 0 N–H and O–H groups in total. The van der Waals surface area contributed by atoms with Gasteiger partial charge in [-0.2, -0.15) is 4.31 Å². The Kier molecular flexibility index (Phi) is 6.84. The van der Waals surface area contributed by atoms with E-state index in [0.717, 1.165) is 19.3 Å². The van der Waals surface area contributed by atoms with Gasteiger partial charge in [0, 0.05) is 17.6 Å². The summed E-state index contributed by atoms with van der Waals surface area (Å²) in [5, 5.41) is 0.535. The largest absolute Gasteiger partial charge is 0.243 e. The molecule has 0 fully saturated rings. The molecule has 3 nitrogen and oxygen atoms in total. The van der Waals surface area contributed by atoms with Crippen molar-refractivity contribution < 1.29 is 8.42 Å². The number of benzene rings is 2. The summed E-state index contributed by atoms with van der Waals surface area (Å²) in [4.78, 5) is 0.298. The van der Waals surface area contributed by atoms with E-state index in [9.17, 15) is 8.42 Å². The summed E-state index contributed by atoms with van der Waals surface area (Å²) >= 11 is 5.87. The van der Waals surface area contributed by atoms with Crippen molar-refractivity contribution in [1.82, 2.24) is 4.31 Å². The number of aryl methyl sites for hydroxylation is 1. The number of sulfonamides is 1. The third-order valence-corrected chi connectivity index (χ3v) is 6.47. The zero-order valence-corrected chi connectivity index (χ0v) is 15.7. The van der Waals surface area contributed by atoms with E-state index in [2.05, 4.69) is 12.1 Å². The van der Waals surface area contributed by atoms with Crippen LogP contribution in [0.1, 0.15) is 32.3 Å². The van der Waals surface area contributed by atoms with Gasteiger partial charge in [0.25, 0.3) is 0 Å². The molecule has 0 aromatic heterocycles. The molecule has 0 spiro atoms. The minimum Gasteiger partial charge on any atom is -0.207 e. The van der Waals surface area contributed by atoms with E-state index in [1.807, 2.05) is 32.0 Å². The fourth-order valence-electron chi connectivity index (χ4n) is 2.61. The number of nitrogens with zero attached hydrogens (tertiary/aromatic N) is 1. The summed E-state index contributed by atoms with van der Waals surface area (Å²) in [6.07, 6.45) is 2.43. The lowest BCUT2D eigenvalue weighted by Gasteiger charge is -2.27. The smallest absolute Gasteiger partial charge is 0.207 e. The first kappa shape index (κ1) is 19.0. The molecule has 2 aromatic rings. The first-order valence-electron chi connectivity index (χ1n) is 8.26. The van der Waals surface area contributed by atoms with Gasteiger partial charge in [-0.25, -0.2) is 8.42 Å². The van der Waals surface area contributed by atoms with Gasteiger partial charge in [0.1, 0.15) is 0 Å². The second-order valence-electron chi connectivity index (χ2n) is 5.92. The second-order valence-corrected chi connectivity index (χ2v) is 8.24. The van der Waals surface area contributed by atoms with Gasteiger partial charge in [0.05, 0.1) is 4.90 Å². The fourth-order valence-corrected chi connectivity index (χ4v) is 4.48. The molecule has 24 heavy (non-hydrogen) atoms. The number of halogens is 1. The Morgan fingerprint density at radius 1 is 1.04 bits per heavy atom. The van der Waals surface area contributed by atoms with Crippen LogP contribution in [0.2, 0.25) is 5.02 Å². The van der Waals surface area contributed by atoms with Crippen LogP contribution in [0.25, 0.3) is 0 Å². The molecule has 2 rings (SSSR count). The van der Waals surface area contributed by atoms with E-state index in [0.29, 0.717) is 16.5 Å². The molecular formula is C19H24ClNO2S. The molecule has 2 aromatic carbocycles. The van der Waals surface area contributed by atoms with Crippen LogP contribution in [-0.4, -0.2) is 25.3 Å². The molecular weight excluding hydrogens is 342 g/mol. The summed E-state index contributed by atoms with van der Waals surface area (Å²) < 4.78 is 27.5. The Hall–Kier alpha value is -1.36. The molecule has 0 saturated heterocycles. The summed E-state index contributed by atoms with van der Waals surface area (Å²) in [6.45, 7) is 4.47. The fraction of sp³-hybridized carbons (Fsp3) is 0.368. The monoisotopic (exact) mass is 365 g/mol. The molecule has 0 aliphatic carbocycles. The van der Waals surface area contributed by atoms with Gasteiger partial charge in [-0.3, -0.25) is 0 Å². The van der Waals surface area contributed by atoms with Crippen LogP contribution >= 0.6 is 11.6 Å². The summed E-state index contributed by atoms with van der Waals surface area (Å²) in [6, 6.07) is 16.5. The molecule has 5 heteroatoms. The van der Waals surface area contributed by atoms with Crippen LogP contribution in [0.4, 0.5) is 0 Å².